The first-order valence-corrected chi connectivity index (χ1v) is 5.16. The van der Waals surface area contributed by atoms with E-state index in [1.54, 1.807) is 6.92 Å². The zero-order valence-corrected chi connectivity index (χ0v) is 9.23. The van der Waals surface area contributed by atoms with Crippen LogP contribution in [0.1, 0.15) is 13.3 Å². The highest BCUT2D eigenvalue weighted by molar-refractivity contribution is 5.91. The number of carbonyl (C=O) groups excluding carboxylic acids is 1. The van der Waals surface area contributed by atoms with E-state index in [0.717, 1.165) is 0 Å². The minimum absolute atomic E-state index is 0.0611. The summed E-state index contributed by atoms with van der Waals surface area (Å²) < 4.78 is 10.0. The van der Waals surface area contributed by atoms with E-state index >= 15 is 0 Å². The highest BCUT2D eigenvalue weighted by atomic mass is 16.6. The lowest BCUT2D eigenvalue weighted by Crippen LogP contribution is -2.54. The average Bonchev–Trinajstić information content (AvgIpc) is 2.37. The molecule has 0 aromatic heterocycles. The summed E-state index contributed by atoms with van der Waals surface area (Å²) in [5.41, 5.74) is -1.02. The smallest absolute Gasteiger partial charge is 0.290 e. The summed E-state index contributed by atoms with van der Waals surface area (Å²) in [7, 11) is 0. The number of nitrogens with one attached hydrogen (secondary N) is 1. The molecule has 0 fully saturated rings. The standard InChI is InChI=1S/C10H17NO5/c1-2-10(6-12,7-13)11-9(14)8-5-15-3-4-16-8/h5,12-13H,2-4,6-7H2,1H3,(H,11,14). The Bertz CT molecular complexity index is 264. The van der Waals surface area contributed by atoms with Crippen LogP contribution in [-0.2, 0) is 14.3 Å². The molecular formula is C10H17NO5. The Kier molecular flexibility index (Phi) is 4.57. The summed E-state index contributed by atoms with van der Waals surface area (Å²) in [6, 6.07) is 0. The van der Waals surface area contributed by atoms with E-state index < -0.39 is 11.4 Å². The average molecular weight is 231 g/mol. The molecule has 0 bridgehead atoms. The van der Waals surface area contributed by atoms with E-state index in [4.69, 9.17) is 19.7 Å². The van der Waals surface area contributed by atoms with Crippen molar-refractivity contribution in [3.05, 3.63) is 12.0 Å². The fourth-order valence-electron chi connectivity index (χ4n) is 1.23. The Hall–Kier alpha value is -1.27. The number of aliphatic hydroxyl groups is 2. The van der Waals surface area contributed by atoms with Gasteiger partial charge in [-0.2, -0.15) is 0 Å². The molecule has 92 valence electrons. The van der Waals surface area contributed by atoms with Crippen LogP contribution >= 0.6 is 0 Å². The molecule has 3 N–H and O–H groups in total. The van der Waals surface area contributed by atoms with Gasteiger partial charge in [-0.1, -0.05) is 6.92 Å². The zero-order chi connectivity index (χ0) is 12.0. The monoisotopic (exact) mass is 231 g/mol. The SMILES string of the molecule is CCC(CO)(CO)NC(=O)C1=COCCO1. The Morgan fingerprint density at radius 2 is 2.19 bits per heavy atom. The van der Waals surface area contributed by atoms with E-state index in [9.17, 15) is 4.79 Å². The van der Waals surface area contributed by atoms with Crippen LogP contribution < -0.4 is 5.32 Å². The van der Waals surface area contributed by atoms with Gasteiger partial charge in [0.25, 0.3) is 5.91 Å². The van der Waals surface area contributed by atoms with Crippen molar-refractivity contribution in [1.29, 1.82) is 0 Å². The fraction of sp³-hybridized carbons (Fsp3) is 0.700. The van der Waals surface area contributed by atoms with Gasteiger partial charge >= 0.3 is 0 Å². The summed E-state index contributed by atoms with van der Waals surface area (Å²) in [5, 5.41) is 20.9. The Labute approximate surface area is 93.9 Å². The van der Waals surface area contributed by atoms with Crippen molar-refractivity contribution in [3.8, 4) is 0 Å². The second-order valence-electron chi connectivity index (χ2n) is 3.61. The minimum Gasteiger partial charge on any atom is -0.494 e. The van der Waals surface area contributed by atoms with Gasteiger partial charge in [-0.25, -0.2) is 0 Å². The van der Waals surface area contributed by atoms with E-state index in [-0.39, 0.29) is 19.0 Å². The first-order chi connectivity index (χ1) is 7.67. The lowest BCUT2D eigenvalue weighted by molar-refractivity contribution is -0.125. The van der Waals surface area contributed by atoms with Crippen LogP contribution in [0.5, 0.6) is 0 Å². The third-order valence-electron chi connectivity index (χ3n) is 2.53. The van der Waals surface area contributed by atoms with Gasteiger partial charge < -0.3 is 25.0 Å². The van der Waals surface area contributed by atoms with Gasteiger partial charge in [-0.05, 0) is 6.42 Å². The highest BCUT2D eigenvalue weighted by Crippen LogP contribution is 2.11. The fourth-order valence-corrected chi connectivity index (χ4v) is 1.23. The molecule has 6 nitrogen and oxygen atoms in total. The molecule has 0 aromatic rings. The summed E-state index contributed by atoms with van der Waals surface area (Å²) in [6.07, 6.45) is 1.65. The second kappa shape index (κ2) is 5.72. The van der Waals surface area contributed by atoms with Crippen molar-refractivity contribution in [3.63, 3.8) is 0 Å². The molecule has 1 aliphatic heterocycles. The van der Waals surface area contributed by atoms with Crippen LogP contribution in [-0.4, -0.2) is 48.1 Å². The molecule has 1 amide bonds. The Morgan fingerprint density at radius 1 is 1.50 bits per heavy atom. The zero-order valence-electron chi connectivity index (χ0n) is 9.23. The van der Waals surface area contributed by atoms with Crippen molar-refractivity contribution in [1.82, 2.24) is 5.32 Å². The molecule has 1 rings (SSSR count). The lowest BCUT2D eigenvalue weighted by Gasteiger charge is -2.30. The first kappa shape index (κ1) is 12.8. The van der Waals surface area contributed by atoms with E-state index in [2.05, 4.69) is 5.32 Å². The van der Waals surface area contributed by atoms with Crippen molar-refractivity contribution >= 4 is 5.91 Å². The van der Waals surface area contributed by atoms with Crippen LogP contribution in [0.3, 0.4) is 0 Å². The number of aliphatic hydroxyl groups excluding tert-OH is 2. The van der Waals surface area contributed by atoms with Crippen molar-refractivity contribution < 1.29 is 24.5 Å². The molecule has 1 aliphatic rings. The maximum Gasteiger partial charge on any atom is 0.290 e. The van der Waals surface area contributed by atoms with Gasteiger partial charge in [-0.3, -0.25) is 4.79 Å². The normalized spacial score (nSPS) is 15.8. The van der Waals surface area contributed by atoms with E-state index in [1.807, 2.05) is 0 Å². The molecule has 0 atom stereocenters. The summed E-state index contributed by atoms with van der Waals surface area (Å²) in [4.78, 5) is 11.7. The quantitative estimate of drug-likeness (QED) is 0.572. The van der Waals surface area contributed by atoms with Gasteiger partial charge in [-0.15, -0.1) is 0 Å². The highest BCUT2D eigenvalue weighted by Gasteiger charge is 2.30. The minimum atomic E-state index is -1.02. The molecule has 0 aromatic carbocycles. The van der Waals surface area contributed by atoms with Gasteiger partial charge in [0.1, 0.15) is 19.5 Å². The van der Waals surface area contributed by atoms with Gasteiger partial charge in [0.05, 0.1) is 18.8 Å². The molecular weight excluding hydrogens is 214 g/mol. The maximum absolute atomic E-state index is 11.7. The largest absolute Gasteiger partial charge is 0.494 e. The Balaban J connectivity index is 2.64. The molecule has 0 saturated heterocycles. The van der Waals surface area contributed by atoms with Gasteiger partial charge in [0.2, 0.25) is 5.76 Å². The Morgan fingerprint density at radius 3 is 2.62 bits per heavy atom. The second-order valence-corrected chi connectivity index (χ2v) is 3.61. The number of ether oxygens (including phenoxy) is 2. The summed E-state index contributed by atoms with van der Waals surface area (Å²) in [5.74, 6) is -0.435. The van der Waals surface area contributed by atoms with Crippen molar-refractivity contribution in [2.75, 3.05) is 26.4 Å². The van der Waals surface area contributed by atoms with Crippen molar-refractivity contribution in [2.24, 2.45) is 0 Å². The number of amides is 1. The number of carbonyl (C=O) groups is 1. The third-order valence-corrected chi connectivity index (χ3v) is 2.53. The predicted octanol–water partition coefficient (Wildman–Crippen LogP) is -0.876. The van der Waals surface area contributed by atoms with Crippen LogP contribution in [0.4, 0.5) is 0 Å². The summed E-state index contributed by atoms with van der Waals surface area (Å²) in [6.45, 7) is 1.82. The lowest BCUT2D eigenvalue weighted by atomic mass is 9.98. The predicted molar refractivity (Wildman–Crippen MR) is 55.3 cm³/mol. The van der Waals surface area contributed by atoms with E-state index in [0.29, 0.717) is 19.6 Å². The van der Waals surface area contributed by atoms with Crippen LogP contribution in [0.2, 0.25) is 0 Å². The molecule has 1 heterocycles. The molecule has 0 saturated carbocycles. The van der Waals surface area contributed by atoms with Crippen LogP contribution in [0.15, 0.2) is 12.0 Å². The van der Waals surface area contributed by atoms with Gasteiger partial charge in [0, 0.05) is 0 Å². The molecule has 6 heteroatoms. The molecule has 0 aliphatic carbocycles. The van der Waals surface area contributed by atoms with Crippen LogP contribution in [0, 0.1) is 0 Å². The van der Waals surface area contributed by atoms with Crippen molar-refractivity contribution in [2.45, 2.75) is 18.9 Å². The number of hydrogen-bond donors (Lipinski definition) is 3. The molecule has 0 spiro atoms. The molecule has 0 unspecified atom stereocenters. The van der Waals surface area contributed by atoms with Gasteiger partial charge in [0.15, 0.2) is 0 Å². The topological polar surface area (TPSA) is 88.0 Å². The first-order valence-electron chi connectivity index (χ1n) is 5.16. The molecule has 16 heavy (non-hydrogen) atoms. The number of rotatable bonds is 5. The maximum atomic E-state index is 11.7. The van der Waals surface area contributed by atoms with E-state index in [1.165, 1.54) is 6.26 Å². The summed E-state index contributed by atoms with van der Waals surface area (Å²) >= 11 is 0. The molecule has 0 radical (unpaired) electrons. The number of hydrogen-bond acceptors (Lipinski definition) is 5. The van der Waals surface area contributed by atoms with Crippen LogP contribution in [0.25, 0.3) is 0 Å². The third kappa shape index (κ3) is 2.86.